The smallest absolute Gasteiger partial charge is 0.352 e. The quantitative estimate of drug-likeness (QED) is 0.212. The summed E-state index contributed by atoms with van der Waals surface area (Å²) in [5, 5.41) is 22.5. The van der Waals surface area contributed by atoms with Crippen molar-refractivity contribution in [3.8, 4) is 0 Å². The molecule has 4 rings (SSSR count). The highest BCUT2D eigenvalue weighted by atomic mass is 35.5. The molecule has 0 bridgehead atoms. The number of amides is 2. The average Bonchev–Trinajstić information content (AvgIpc) is 2.87. The summed E-state index contributed by atoms with van der Waals surface area (Å²) >= 11 is 16.3. The Morgan fingerprint density at radius 2 is 1.89 bits per heavy atom. The zero-order valence-electron chi connectivity index (χ0n) is 20.6. The molecular weight excluding hydrogens is 589 g/mol. The van der Waals surface area contributed by atoms with Gasteiger partial charge in [-0.15, -0.1) is 35.3 Å². The van der Waals surface area contributed by atoms with E-state index in [0.29, 0.717) is 38.6 Å². The van der Waals surface area contributed by atoms with Gasteiger partial charge in [0.15, 0.2) is 17.9 Å². The summed E-state index contributed by atoms with van der Waals surface area (Å²) in [6.45, 7) is 4.49. The molecule has 1 aromatic heterocycles. The standard InChI is InChI=1S/C25H25Cl2N3O5S3/c1-13-7-17(8-14(2)29(13)5-6-31)36-10-15-11-38-24-21(23(33)30(24)22(15)25(34)35)28-20(32)12-37-19-9-16(26)3-4-18(19)27/h3-4,7-9,21,24,31H,5-6,10-12H2,1-2H3,(H-,28,32,34,35)/p+1/t21-,24-/m1/s1. The molecule has 3 N–H and O–H groups in total. The van der Waals surface area contributed by atoms with Crippen LogP contribution < -0.4 is 9.88 Å². The number of hydrogen-bond acceptors (Lipinski definition) is 7. The zero-order chi connectivity index (χ0) is 27.6. The number of halogens is 2. The van der Waals surface area contributed by atoms with Gasteiger partial charge in [-0.3, -0.25) is 14.5 Å². The molecule has 202 valence electrons. The van der Waals surface area contributed by atoms with Crippen LogP contribution in [0.2, 0.25) is 10.0 Å². The molecule has 0 saturated carbocycles. The van der Waals surface area contributed by atoms with Crippen LogP contribution in [0.15, 0.2) is 51.4 Å². The fourth-order valence-corrected chi connectivity index (χ4v) is 8.20. The van der Waals surface area contributed by atoms with Crippen molar-refractivity contribution in [1.82, 2.24) is 10.2 Å². The van der Waals surface area contributed by atoms with Gasteiger partial charge in [0.1, 0.15) is 23.7 Å². The van der Waals surface area contributed by atoms with Gasteiger partial charge in [-0.1, -0.05) is 23.2 Å². The number of aliphatic carboxylic acids is 1. The second-order valence-electron chi connectivity index (χ2n) is 8.71. The van der Waals surface area contributed by atoms with Crippen molar-refractivity contribution < 1.29 is 29.2 Å². The van der Waals surface area contributed by atoms with Crippen molar-refractivity contribution in [1.29, 1.82) is 0 Å². The number of hydrogen-bond donors (Lipinski definition) is 3. The number of aliphatic hydroxyl groups excluding tert-OH is 1. The molecule has 2 aliphatic heterocycles. The lowest BCUT2D eigenvalue weighted by Crippen LogP contribution is -2.70. The second kappa shape index (κ2) is 12.5. The van der Waals surface area contributed by atoms with Crippen molar-refractivity contribution in [2.45, 2.75) is 41.6 Å². The number of aliphatic hydroxyl groups is 1. The Balaban J connectivity index is 1.40. The Morgan fingerprint density at radius 3 is 2.55 bits per heavy atom. The summed E-state index contributed by atoms with van der Waals surface area (Å²) in [7, 11) is 0. The van der Waals surface area contributed by atoms with Crippen molar-refractivity contribution in [3.63, 3.8) is 0 Å². The number of carboxylic acid groups (broad SMARTS) is 1. The maximum Gasteiger partial charge on any atom is 0.352 e. The van der Waals surface area contributed by atoms with E-state index in [0.717, 1.165) is 16.3 Å². The second-order valence-corrected chi connectivity index (χ2v) is 12.7. The summed E-state index contributed by atoms with van der Waals surface area (Å²) < 4.78 is 2.02. The average molecular weight is 616 g/mol. The number of carbonyl (C=O) groups is 3. The van der Waals surface area contributed by atoms with E-state index in [2.05, 4.69) is 5.32 Å². The van der Waals surface area contributed by atoms with Gasteiger partial charge >= 0.3 is 5.97 Å². The first-order chi connectivity index (χ1) is 18.1. The Hall–Kier alpha value is -1.89. The van der Waals surface area contributed by atoms with Crippen molar-refractivity contribution in [2.24, 2.45) is 0 Å². The number of rotatable bonds is 10. The number of pyridine rings is 1. The number of benzene rings is 1. The molecule has 1 aromatic carbocycles. The van der Waals surface area contributed by atoms with Crippen molar-refractivity contribution >= 4 is 76.3 Å². The molecule has 13 heteroatoms. The maximum atomic E-state index is 13.0. The van der Waals surface area contributed by atoms with Crippen LogP contribution in [0.5, 0.6) is 0 Å². The number of aromatic nitrogens is 1. The fraction of sp³-hybridized carbons (Fsp3) is 0.360. The lowest BCUT2D eigenvalue weighted by Gasteiger charge is -2.49. The minimum atomic E-state index is -1.16. The monoisotopic (exact) mass is 614 g/mol. The summed E-state index contributed by atoms with van der Waals surface area (Å²) in [6, 6.07) is 8.20. The van der Waals surface area contributed by atoms with Crippen molar-refractivity contribution in [2.75, 3.05) is 23.9 Å². The fourth-order valence-electron chi connectivity index (χ4n) is 4.33. The molecule has 1 fully saturated rings. The first-order valence-electron chi connectivity index (χ1n) is 11.6. The third-order valence-electron chi connectivity index (χ3n) is 6.11. The number of β-lactam (4-membered cyclic amide) rings is 1. The maximum absolute atomic E-state index is 13.0. The number of thioether (sulfide) groups is 3. The van der Waals surface area contributed by atoms with E-state index in [9.17, 15) is 24.6 Å². The molecule has 0 aliphatic carbocycles. The van der Waals surface area contributed by atoms with E-state index in [1.54, 1.807) is 18.2 Å². The predicted octanol–water partition coefficient (Wildman–Crippen LogP) is 3.51. The molecular formula is C25H26Cl2N3O5S3+. The van der Waals surface area contributed by atoms with Gasteiger partial charge in [0.05, 0.1) is 10.8 Å². The SMILES string of the molecule is Cc1cc(SCC2=C(C(=O)O)N3C(=O)[C@@H](NC(=O)CSc4cc(Cl)ccc4Cl)[C@H]3SC2)cc(C)[n+]1CCO. The van der Waals surface area contributed by atoms with Crippen LogP contribution in [0, 0.1) is 13.8 Å². The zero-order valence-corrected chi connectivity index (χ0v) is 24.5. The number of fused-ring (bicyclic) bond motifs is 1. The van der Waals surface area contributed by atoms with E-state index in [4.69, 9.17) is 23.2 Å². The van der Waals surface area contributed by atoms with Gasteiger partial charge in [-0.25, -0.2) is 4.79 Å². The summed E-state index contributed by atoms with van der Waals surface area (Å²) in [4.78, 5) is 40.6. The highest BCUT2D eigenvalue weighted by Crippen LogP contribution is 2.41. The summed E-state index contributed by atoms with van der Waals surface area (Å²) in [6.07, 6.45) is 0. The van der Waals surface area contributed by atoms with E-state index < -0.39 is 23.3 Å². The van der Waals surface area contributed by atoms with E-state index in [-0.39, 0.29) is 24.0 Å². The van der Waals surface area contributed by atoms with Crippen LogP contribution in [-0.2, 0) is 20.9 Å². The highest BCUT2D eigenvalue weighted by Gasteiger charge is 2.54. The molecule has 2 aromatic rings. The van der Waals surface area contributed by atoms with Crippen LogP contribution in [0.1, 0.15) is 11.4 Å². The molecule has 0 unspecified atom stereocenters. The first kappa shape index (κ1) is 29.1. The number of carbonyl (C=O) groups excluding carboxylic acids is 2. The Kier molecular flexibility index (Phi) is 9.59. The number of aryl methyl sites for hydroxylation is 2. The van der Waals surface area contributed by atoms with Gasteiger partial charge in [0.2, 0.25) is 5.91 Å². The lowest BCUT2D eigenvalue weighted by atomic mass is 10.0. The summed E-state index contributed by atoms with van der Waals surface area (Å²) in [5.41, 5.74) is 2.66. The molecule has 2 atom stereocenters. The van der Waals surface area contributed by atoms with Gasteiger partial charge in [0.25, 0.3) is 5.91 Å². The molecule has 2 aliphatic rings. The van der Waals surface area contributed by atoms with Crippen LogP contribution >= 0.6 is 58.5 Å². The molecule has 1 saturated heterocycles. The van der Waals surface area contributed by atoms with E-state index in [1.807, 2.05) is 30.5 Å². The lowest BCUT2D eigenvalue weighted by molar-refractivity contribution is -0.710. The Labute approximate surface area is 243 Å². The van der Waals surface area contributed by atoms with Gasteiger partial charge in [-0.2, -0.15) is 4.57 Å². The Bertz CT molecular complexity index is 1300. The number of carboxylic acids is 1. The third kappa shape index (κ3) is 6.29. The van der Waals surface area contributed by atoms with Crippen LogP contribution in [-0.4, -0.2) is 68.2 Å². The van der Waals surface area contributed by atoms with E-state index in [1.165, 1.54) is 40.2 Å². The molecule has 0 radical (unpaired) electrons. The Morgan fingerprint density at radius 1 is 1.18 bits per heavy atom. The van der Waals surface area contributed by atoms with Gasteiger partial charge < -0.3 is 15.5 Å². The van der Waals surface area contributed by atoms with Crippen molar-refractivity contribution in [3.05, 3.63) is 63.0 Å². The molecule has 3 heterocycles. The van der Waals surface area contributed by atoms with Gasteiger partial charge in [-0.05, 0) is 23.8 Å². The van der Waals surface area contributed by atoms with E-state index >= 15 is 0 Å². The van der Waals surface area contributed by atoms with Crippen LogP contribution in [0.3, 0.4) is 0 Å². The summed E-state index contributed by atoms with van der Waals surface area (Å²) in [5.74, 6) is -1.03. The topological polar surface area (TPSA) is 111 Å². The molecule has 0 spiro atoms. The molecule has 2 amide bonds. The van der Waals surface area contributed by atoms with Crippen LogP contribution in [0.25, 0.3) is 0 Å². The number of nitrogens with zero attached hydrogens (tertiary/aromatic N) is 2. The first-order valence-corrected chi connectivity index (χ1v) is 15.4. The normalized spacial score (nSPS) is 18.8. The third-order valence-corrected chi connectivity index (χ3v) is 10.2. The van der Waals surface area contributed by atoms with Crippen LogP contribution in [0.4, 0.5) is 0 Å². The highest BCUT2D eigenvalue weighted by molar-refractivity contribution is 8.01. The predicted molar refractivity (Wildman–Crippen MR) is 151 cm³/mol. The largest absolute Gasteiger partial charge is 0.477 e. The molecule has 38 heavy (non-hydrogen) atoms. The minimum absolute atomic E-state index is 0.00319. The van der Waals surface area contributed by atoms with Gasteiger partial charge in [0, 0.05) is 52.3 Å². The minimum Gasteiger partial charge on any atom is -0.477 e. The molecule has 8 nitrogen and oxygen atoms in total. The number of nitrogens with one attached hydrogen (secondary N) is 1.